The van der Waals surface area contributed by atoms with Gasteiger partial charge >= 0.3 is 0 Å². The summed E-state index contributed by atoms with van der Waals surface area (Å²) in [5, 5.41) is 5.10. The lowest BCUT2D eigenvalue weighted by Crippen LogP contribution is -1.97. The average Bonchev–Trinajstić information content (AvgIpc) is 2.89. The first-order chi connectivity index (χ1) is 9.85. The molecule has 0 radical (unpaired) electrons. The molecular weight excluding hydrogens is 272 g/mol. The second-order valence-corrected chi connectivity index (χ2v) is 5.05. The molecule has 0 aliphatic carbocycles. The Labute approximate surface area is 121 Å². The number of hydrogen-bond acceptors (Lipinski definition) is 5. The maximum atomic E-state index is 5.35. The highest BCUT2D eigenvalue weighted by molar-refractivity contribution is 7.98. The minimum absolute atomic E-state index is 0.562. The van der Waals surface area contributed by atoms with Crippen molar-refractivity contribution in [3.8, 4) is 5.88 Å². The fraction of sp³-hybridized carbons (Fsp3) is 0.214. The fourth-order valence-corrected chi connectivity index (χ4v) is 2.53. The van der Waals surface area contributed by atoms with E-state index in [1.54, 1.807) is 22.3 Å². The van der Waals surface area contributed by atoms with E-state index in [0.29, 0.717) is 18.3 Å². The van der Waals surface area contributed by atoms with Crippen LogP contribution in [0.25, 0.3) is 5.78 Å². The van der Waals surface area contributed by atoms with Crippen molar-refractivity contribution < 1.29 is 4.74 Å². The zero-order chi connectivity index (χ0) is 13.8. The van der Waals surface area contributed by atoms with E-state index in [2.05, 4.69) is 27.2 Å². The Balaban J connectivity index is 1.75. The molecule has 0 spiro atoms. The maximum Gasteiger partial charge on any atom is 0.256 e. The molecule has 0 aliphatic rings. The molecule has 5 nitrogen and oxygen atoms in total. The van der Waals surface area contributed by atoms with Crippen LogP contribution in [0.3, 0.4) is 0 Å². The molecule has 0 atom stereocenters. The normalized spacial score (nSPS) is 10.8. The highest BCUT2D eigenvalue weighted by atomic mass is 32.2. The van der Waals surface area contributed by atoms with Crippen LogP contribution in [-0.4, -0.2) is 26.2 Å². The minimum atomic E-state index is 0.562. The van der Waals surface area contributed by atoms with Gasteiger partial charge in [-0.05, 0) is 12.5 Å². The van der Waals surface area contributed by atoms with Crippen LogP contribution in [0.5, 0.6) is 5.88 Å². The summed E-state index contributed by atoms with van der Waals surface area (Å²) in [5.74, 6) is 1.98. The van der Waals surface area contributed by atoms with Crippen molar-refractivity contribution in [2.75, 3.05) is 6.61 Å². The van der Waals surface area contributed by atoms with Gasteiger partial charge in [-0.3, -0.25) is 0 Å². The first-order valence-electron chi connectivity index (χ1n) is 6.38. The molecule has 0 saturated heterocycles. The molecule has 0 N–H and O–H groups in total. The van der Waals surface area contributed by atoms with E-state index in [4.69, 9.17) is 4.74 Å². The molecule has 6 heteroatoms. The van der Waals surface area contributed by atoms with Crippen molar-refractivity contribution in [3.05, 3.63) is 48.2 Å². The van der Waals surface area contributed by atoms with Crippen LogP contribution in [0.1, 0.15) is 12.5 Å². The Hall–Kier alpha value is -2.08. The summed E-state index contributed by atoms with van der Waals surface area (Å²) in [7, 11) is 0. The molecule has 3 aromatic rings. The molecule has 0 bridgehead atoms. The number of rotatable bonds is 5. The number of nitrogens with zero attached hydrogens (tertiary/aromatic N) is 4. The molecule has 1 aromatic carbocycles. The van der Waals surface area contributed by atoms with Gasteiger partial charge < -0.3 is 4.74 Å². The Morgan fingerprint density at radius 3 is 2.80 bits per heavy atom. The zero-order valence-electron chi connectivity index (χ0n) is 11.1. The van der Waals surface area contributed by atoms with Crippen LogP contribution in [0, 0.1) is 0 Å². The van der Waals surface area contributed by atoms with E-state index in [0.717, 1.165) is 10.9 Å². The van der Waals surface area contributed by atoms with E-state index >= 15 is 0 Å². The van der Waals surface area contributed by atoms with E-state index in [-0.39, 0.29) is 0 Å². The van der Waals surface area contributed by atoms with Crippen molar-refractivity contribution in [2.24, 2.45) is 0 Å². The molecule has 2 heterocycles. The average molecular weight is 286 g/mol. The summed E-state index contributed by atoms with van der Waals surface area (Å²) in [6.07, 6.45) is 1.81. The number of hydrogen-bond donors (Lipinski definition) is 0. The number of ether oxygens (including phenoxy) is 1. The van der Waals surface area contributed by atoms with Crippen molar-refractivity contribution >= 4 is 17.5 Å². The second-order valence-electron chi connectivity index (χ2n) is 4.11. The predicted octanol–water partition coefficient (Wildman–Crippen LogP) is 2.82. The molecular formula is C14H14N4OS. The van der Waals surface area contributed by atoms with E-state index in [1.807, 2.05) is 31.3 Å². The Morgan fingerprint density at radius 1 is 1.15 bits per heavy atom. The highest BCUT2D eigenvalue weighted by Crippen LogP contribution is 2.20. The van der Waals surface area contributed by atoms with Gasteiger partial charge in [0.2, 0.25) is 11.0 Å². The second kappa shape index (κ2) is 5.92. The van der Waals surface area contributed by atoms with Crippen LogP contribution < -0.4 is 4.74 Å². The van der Waals surface area contributed by atoms with Gasteiger partial charge in [0.05, 0.1) is 6.61 Å². The first-order valence-corrected chi connectivity index (χ1v) is 7.36. The van der Waals surface area contributed by atoms with Gasteiger partial charge in [0, 0.05) is 18.0 Å². The summed E-state index contributed by atoms with van der Waals surface area (Å²) in [6, 6.07) is 12.0. The third-order valence-electron chi connectivity index (χ3n) is 2.67. The summed E-state index contributed by atoms with van der Waals surface area (Å²) >= 11 is 1.59. The Kier molecular flexibility index (Phi) is 3.83. The molecule has 0 saturated carbocycles. The van der Waals surface area contributed by atoms with Crippen molar-refractivity contribution in [1.29, 1.82) is 0 Å². The van der Waals surface area contributed by atoms with Crippen molar-refractivity contribution in [1.82, 2.24) is 19.6 Å². The lowest BCUT2D eigenvalue weighted by molar-refractivity contribution is 0.327. The molecule has 102 valence electrons. The lowest BCUT2D eigenvalue weighted by atomic mass is 10.2. The summed E-state index contributed by atoms with van der Waals surface area (Å²) in [6.45, 7) is 2.52. The SMILES string of the molecule is CCOc1ccn2nc(SCc3ccccc3)nc2n1. The van der Waals surface area contributed by atoms with Gasteiger partial charge in [-0.1, -0.05) is 42.1 Å². The quantitative estimate of drug-likeness (QED) is 0.675. The molecule has 0 fully saturated rings. The van der Waals surface area contributed by atoms with Crippen molar-refractivity contribution in [2.45, 2.75) is 17.8 Å². The monoisotopic (exact) mass is 286 g/mol. The first kappa shape index (κ1) is 12.9. The van der Waals surface area contributed by atoms with E-state index in [9.17, 15) is 0 Å². The van der Waals surface area contributed by atoms with E-state index < -0.39 is 0 Å². The number of aromatic nitrogens is 4. The van der Waals surface area contributed by atoms with Crippen molar-refractivity contribution in [3.63, 3.8) is 0 Å². The Morgan fingerprint density at radius 2 is 2.00 bits per heavy atom. The van der Waals surface area contributed by atoms with Gasteiger partial charge in [-0.2, -0.15) is 9.97 Å². The van der Waals surface area contributed by atoms with Gasteiger partial charge in [-0.15, -0.1) is 5.10 Å². The lowest BCUT2D eigenvalue weighted by Gasteiger charge is -1.99. The molecule has 0 aliphatic heterocycles. The summed E-state index contributed by atoms with van der Waals surface area (Å²) < 4.78 is 7.02. The van der Waals surface area contributed by atoms with Crippen LogP contribution in [0.15, 0.2) is 47.8 Å². The highest BCUT2D eigenvalue weighted by Gasteiger charge is 2.07. The summed E-state index contributed by atoms with van der Waals surface area (Å²) in [4.78, 5) is 8.69. The van der Waals surface area contributed by atoms with Gasteiger partial charge in [0.25, 0.3) is 5.78 Å². The third-order valence-corrected chi connectivity index (χ3v) is 3.57. The maximum absolute atomic E-state index is 5.35. The smallest absolute Gasteiger partial charge is 0.256 e. The van der Waals surface area contributed by atoms with Gasteiger partial charge in [0.1, 0.15) is 0 Å². The molecule has 2 aromatic heterocycles. The number of thioether (sulfide) groups is 1. The van der Waals surface area contributed by atoms with E-state index in [1.165, 1.54) is 5.56 Å². The van der Waals surface area contributed by atoms with Crippen LogP contribution in [0.4, 0.5) is 0 Å². The summed E-state index contributed by atoms with van der Waals surface area (Å²) in [5.41, 5.74) is 1.25. The van der Waals surface area contributed by atoms with Gasteiger partial charge in [-0.25, -0.2) is 4.52 Å². The standard InChI is InChI=1S/C14H14N4OS/c1-2-19-12-8-9-18-13(15-12)16-14(17-18)20-10-11-6-4-3-5-7-11/h3-9H,2,10H2,1H3. The molecule has 0 amide bonds. The Bertz CT molecular complexity index is 699. The third kappa shape index (κ3) is 2.91. The van der Waals surface area contributed by atoms with Crippen LogP contribution in [-0.2, 0) is 5.75 Å². The minimum Gasteiger partial charge on any atom is -0.478 e. The van der Waals surface area contributed by atoms with Crippen LogP contribution in [0.2, 0.25) is 0 Å². The fourth-order valence-electron chi connectivity index (χ4n) is 1.75. The molecule has 3 rings (SSSR count). The number of benzene rings is 1. The largest absolute Gasteiger partial charge is 0.478 e. The van der Waals surface area contributed by atoms with Gasteiger partial charge in [0.15, 0.2) is 0 Å². The molecule has 20 heavy (non-hydrogen) atoms. The van der Waals surface area contributed by atoms with Crippen LogP contribution >= 0.6 is 11.8 Å². The topological polar surface area (TPSA) is 52.3 Å². The predicted molar refractivity (Wildman–Crippen MR) is 78.0 cm³/mol. The number of fused-ring (bicyclic) bond motifs is 1. The molecule has 0 unspecified atom stereocenters. The zero-order valence-corrected chi connectivity index (χ0v) is 11.9.